The van der Waals surface area contributed by atoms with Crippen molar-refractivity contribution in [3.05, 3.63) is 11.5 Å². The molecule has 1 N–H and O–H groups in total. The molecule has 0 radical (unpaired) electrons. The van der Waals surface area contributed by atoms with Crippen molar-refractivity contribution in [1.82, 2.24) is 4.72 Å². The summed E-state index contributed by atoms with van der Waals surface area (Å²) in [7, 11) is -3.14. The third-order valence-electron chi connectivity index (χ3n) is 1.40. The Morgan fingerprint density at radius 1 is 1.33 bits per heavy atom. The average Bonchev–Trinajstić information content (AvgIpc) is 1.98. The fraction of sp³-hybridized carbons (Fsp3) is 0.750. The Morgan fingerprint density at radius 2 is 2.00 bits per heavy atom. The monoisotopic (exact) mass is 191 g/mol. The van der Waals surface area contributed by atoms with Gasteiger partial charge in [-0.15, -0.1) is 0 Å². The van der Waals surface area contributed by atoms with Crippen molar-refractivity contribution in [3.8, 4) is 0 Å². The van der Waals surface area contributed by atoms with Crippen molar-refractivity contribution in [2.24, 2.45) is 0 Å². The first-order chi connectivity index (χ1) is 5.62. The number of hydrogen-bond donors (Lipinski definition) is 1. The molecule has 0 amide bonds. The van der Waals surface area contributed by atoms with Crippen molar-refractivity contribution in [1.29, 1.82) is 0 Å². The SMILES string of the molecule is CC=CS(=O)(=O)NCCCCC. The molecule has 0 aliphatic carbocycles. The molecule has 4 heteroatoms. The summed E-state index contributed by atoms with van der Waals surface area (Å²) < 4.78 is 24.5. The third-order valence-corrected chi connectivity index (χ3v) is 2.64. The van der Waals surface area contributed by atoms with E-state index in [4.69, 9.17) is 0 Å². The van der Waals surface area contributed by atoms with E-state index in [9.17, 15) is 8.42 Å². The van der Waals surface area contributed by atoms with Gasteiger partial charge >= 0.3 is 0 Å². The van der Waals surface area contributed by atoms with Gasteiger partial charge in [-0.25, -0.2) is 13.1 Å². The Morgan fingerprint density at radius 3 is 2.50 bits per heavy atom. The van der Waals surface area contributed by atoms with E-state index in [1.54, 1.807) is 6.92 Å². The van der Waals surface area contributed by atoms with Crippen LogP contribution in [0.4, 0.5) is 0 Å². The van der Waals surface area contributed by atoms with Crippen molar-refractivity contribution in [3.63, 3.8) is 0 Å². The Kier molecular flexibility index (Phi) is 6.02. The minimum absolute atomic E-state index is 0.542. The van der Waals surface area contributed by atoms with Crippen LogP contribution in [-0.2, 0) is 10.0 Å². The molecule has 0 spiro atoms. The molecule has 0 unspecified atom stereocenters. The molecule has 72 valence electrons. The maximum atomic E-state index is 11.0. The van der Waals surface area contributed by atoms with Crippen LogP contribution in [0.3, 0.4) is 0 Å². The first-order valence-corrected chi connectivity index (χ1v) is 5.79. The summed E-state index contributed by atoms with van der Waals surface area (Å²) >= 11 is 0. The van der Waals surface area contributed by atoms with Crippen molar-refractivity contribution >= 4 is 10.0 Å². The summed E-state index contributed by atoms with van der Waals surface area (Å²) in [6, 6.07) is 0. The molecular weight excluding hydrogens is 174 g/mol. The van der Waals surface area contributed by atoms with E-state index in [-0.39, 0.29) is 0 Å². The standard InChI is InChI=1S/C8H17NO2S/c1-3-5-6-7-9-12(10,11)8-4-2/h4,8-9H,3,5-7H2,1-2H3. The zero-order valence-corrected chi connectivity index (χ0v) is 8.52. The minimum Gasteiger partial charge on any atom is -0.212 e. The fourth-order valence-electron chi connectivity index (χ4n) is 0.817. The van der Waals surface area contributed by atoms with Crippen LogP contribution in [0.5, 0.6) is 0 Å². The predicted octanol–water partition coefficient (Wildman–Crippen LogP) is 1.63. The van der Waals surface area contributed by atoms with Gasteiger partial charge in [-0.1, -0.05) is 25.8 Å². The van der Waals surface area contributed by atoms with Gasteiger partial charge in [0.2, 0.25) is 10.0 Å². The van der Waals surface area contributed by atoms with E-state index in [0.717, 1.165) is 19.3 Å². The smallest absolute Gasteiger partial charge is 0.212 e. The van der Waals surface area contributed by atoms with Crippen LogP contribution in [0.25, 0.3) is 0 Å². The van der Waals surface area contributed by atoms with Crippen LogP contribution >= 0.6 is 0 Å². The largest absolute Gasteiger partial charge is 0.233 e. The molecule has 0 atom stereocenters. The molecule has 0 aromatic rings. The van der Waals surface area contributed by atoms with Gasteiger partial charge in [-0.05, 0) is 13.3 Å². The van der Waals surface area contributed by atoms with Crippen LogP contribution in [-0.4, -0.2) is 15.0 Å². The highest BCUT2D eigenvalue weighted by Gasteiger charge is 2.01. The van der Waals surface area contributed by atoms with Crippen LogP contribution in [0, 0.1) is 0 Å². The third kappa shape index (κ3) is 6.37. The second kappa shape index (κ2) is 6.20. The summed E-state index contributed by atoms with van der Waals surface area (Å²) in [5, 5.41) is 1.18. The highest BCUT2D eigenvalue weighted by molar-refractivity contribution is 7.92. The summed E-state index contributed by atoms with van der Waals surface area (Å²) in [6.45, 7) is 4.31. The Hall–Kier alpha value is -0.350. The molecule has 0 saturated carbocycles. The molecular formula is C8H17NO2S. The first-order valence-electron chi connectivity index (χ1n) is 4.24. The second-order valence-corrected chi connectivity index (χ2v) is 4.27. The fourth-order valence-corrected chi connectivity index (χ4v) is 1.70. The molecule has 0 aliphatic heterocycles. The molecule has 0 bridgehead atoms. The molecule has 12 heavy (non-hydrogen) atoms. The number of allylic oxidation sites excluding steroid dienone is 1. The number of sulfonamides is 1. The lowest BCUT2D eigenvalue weighted by Gasteiger charge is -2.00. The Labute approximate surface area is 74.9 Å². The van der Waals surface area contributed by atoms with Crippen molar-refractivity contribution in [2.45, 2.75) is 33.1 Å². The molecule has 0 fully saturated rings. The second-order valence-electron chi connectivity index (χ2n) is 2.62. The quantitative estimate of drug-likeness (QED) is 0.649. The van der Waals surface area contributed by atoms with Gasteiger partial charge in [0, 0.05) is 12.0 Å². The van der Waals surface area contributed by atoms with Crippen LogP contribution < -0.4 is 4.72 Å². The van der Waals surface area contributed by atoms with Gasteiger partial charge < -0.3 is 0 Å². The number of unbranched alkanes of at least 4 members (excludes halogenated alkanes) is 2. The zero-order valence-electron chi connectivity index (χ0n) is 7.71. The average molecular weight is 191 g/mol. The molecule has 0 aromatic carbocycles. The van der Waals surface area contributed by atoms with E-state index in [0.29, 0.717) is 6.54 Å². The van der Waals surface area contributed by atoms with Gasteiger partial charge in [0.1, 0.15) is 0 Å². The Balaban J connectivity index is 3.63. The van der Waals surface area contributed by atoms with Crippen LogP contribution in [0.1, 0.15) is 33.1 Å². The van der Waals surface area contributed by atoms with E-state index < -0.39 is 10.0 Å². The van der Waals surface area contributed by atoms with Crippen molar-refractivity contribution < 1.29 is 8.42 Å². The molecule has 0 aromatic heterocycles. The van der Waals surface area contributed by atoms with Gasteiger partial charge in [-0.2, -0.15) is 0 Å². The molecule has 0 rings (SSSR count). The van der Waals surface area contributed by atoms with Gasteiger partial charge in [0.25, 0.3) is 0 Å². The van der Waals surface area contributed by atoms with E-state index in [1.165, 1.54) is 11.5 Å². The van der Waals surface area contributed by atoms with Crippen LogP contribution in [0.15, 0.2) is 11.5 Å². The highest BCUT2D eigenvalue weighted by atomic mass is 32.2. The number of hydrogen-bond acceptors (Lipinski definition) is 2. The topological polar surface area (TPSA) is 46.2 Å². The first kappa shape index (κ1) is 11.6. The van der Waals surface area contributed by atoms with Gasteiger partial charge in [0.15, 0.2) is 0 Å². The lowest BCUT2D eigenvalue weighted by Crippen LogP contribution is -2.22. The van der Waals surface area contributed by atoms with E-state index in [1.807, 2.05) is 0 Å². The van der Waals surface area contributed by atoms with Gasteiger partial charge in [0.05, 0.1) is 0 Å². The molecule has 0 aliphatic rings. The minimum atomic E-state index is -3.14. The summed E-state index contributed by atoms with van der Waals surface area (Å²) in [4.78, 5) is 0. The zero-order chi connectivity index (χ0) is 9.45. The summed E-state index contributed by atoms with van der Waals surface area (Å²) in [5.74, 6) is 0. The number of nitrogens with one attached hydrogen (secondary N) is 1. The molecule has 3 nitrogen and oxygen atoms in total. The van der Waals surface area contributed by atoms with Crippen LogP contribution in [0.2, 0.25) is 0 Å². The maximum Gasteiger partial charge on any atom is 0.233 e. The molecule has 0 heterocycles. The normalized spacial score (nSPS) is 12.5. The number of rotatable bonds is 6. The lowest BCUT2D eigenvalue weighted by molar-refractivity contribution is 0.585. The van der Waals surface area contributed by atoms with Gasteiger partial charge in [-0.3, -0.25) is 0 Å². The maximum absolute atomic E-state index is 11.0. The Bertz CT molecular complexity index is 219. The van der Waals surface area contributed by atoms with E-state index >= 15 is 0 Å². The lowest BCUT2D eigenvalue weighted by atomic mass is 10.3. The summed E-state index contributed by atoms with van der Waals surface area (Å²) in [5.41, 5.74) is 0. The van der Waals surface area contributed by atoms with Crippen molar-refractivity contribution in [2.75, 3.05) is 6.54 Å². The predicted molar refractivity (Wildman–Crippen MR) is 51.3 cm³/mol. The summed E-state index contributed by atoms with van der Waals surface area (Å²) in [6.07, 6.45) is 4.60. The van der Waals surface area contributed by atoms with E-state index in [2.05, 4.69) is 11.6 Å². The highest BCUT2D eigenvalue weighted by Crippen LogP contribution is 1.93. The molecule has 0 saturated heterocycles.